The summed E-state index contributed by atoms with van der Waals surface area (Å²) in [6, 6.07) is 18.7. The zero-order valence-electron chi connectivity index (χ0n) is 16.5. The second-order valence-corrected chi connectivity index (χ2v) is 12.6. The minimum Gasteiger partial charge on any atom is -0.320 e. The summed E-state index contributed by atoms with van der Waals surface area (Å²) in [7, 11) is -1.79. The van der Waals surface area contributed by atoms with Crippen LogP contribution in [-0.4, -0.2) is 8.32 Å². The lowest BCUT2D eigenvalue weighted by atomic mass is 9.99. The van der Waals surface area contributed by atoms with Crippen LogP contribution in [0.2, 0.25) is 24.7 Å². The van der Waals surface area contributed by atoms with Crippen molar-refractivity contribution in [3.8, 4) is 0 Å². The molecule has 0 saturated carbocycles. The molecule has 0 bridgehead atoms. The Labute approximate surface area is 165 Å². The van der Waals surface area contributed by atoms with Crippen LogP contribution in [0.3, 0.4) is 0 Å². The third-order valence-electron chi connectivity index (χ3n) is 4.26. The Morgan fingerprint density at radius 1 is 0.923 bits per heavy atom. The third kappa shape index (κ3) is 6.46. The number of para-hydroxylation sites is 1. The van der Waals surface area contributed by atoms with Gasteiger partial charge in [-0.05, 0) is 49.8 Å². The molecule has 2 nitrogen and oxygen atoms in total. The van der Waals surface area contributed by atoms with Crippen molar-refractivity contribution >= 4 is 25.6 Å². The smallest absolute Gasteiger partial charge is 0.220 e. The Morgan fingerprint density at radius 2 is 1.58 bits per heavy atom. The summed E-state index contributed by atoms with van der Waals surface area (Å²) in [5, 5.41) is 2.94. The number of benzene rings is 2. The van der Waals surface area contributed by atoms with Gasteiger partial charge in [-0.1, -0.05) is 80.6 Å². The van der Waals surface area contributed by atoms with E-state index in [1.54, 1.807) is 0 Å². The summed E-state index contributed by atoms with van der Waals surface area (Å²) in [5.74, 6) is 0. The van der Waals surface area contributed by atoms with Gasteiger partial charge in [0.25, 0.3) is 0 Å². The molecule has 0 radical (unpaired) electrons. The van der Waals surface area contributed by atoms with E-state index in [1.165, 1.54) is 25.7 Å². The number of halogens is 1. The molecule has 0 spiro atoms. The first kappa shape index (κ1) is 21.0. The van der Waals surface area contributed by atoms with E-state index in [0.717, 1.165) is 22.7 Å². The molecule has 4 heteroatoms. The monoisotopic (exact) mass is 389 g/mol. The molecule has 2 aromatic carbocycles. The van der Waals surface area contributed by atoms with Gasteiger partial charge in [0.1, 0.15) is 0 Å². The summed E-state index contributed by atoms with van der Waals surface area (Å²) < 4.78 is 6.57. The summed E-state index contributed by atoms with van der Waals surface area (Å²) in [6.45, 7) is 8.92. The lowest BCUT2D eigenvalue weighted by Crippen LogP contribution is -2.40. The van der Waals surface area contributed by atoms with Crippen LogP contribution in [0.5, 0.6) is 0 Å². The number of hydroxylamine groups is 1. The summed E-state index contributed by atoms with van der Waals surface area (Å²) in [5.41, 5.74) is 2.24. The predicted molar refractivity (Wildman–Crippen MR) is 116 cm³/mol. The van der Waals surface area contributed by atoms with Gasteiger partial charge in [0.15, 0.2) is 0 Å². The lowest BCUT2D eigenvalue weighted by Gasteiger charge is -2.38. The number of nitrogens with zero attached hydrogens (tertiary/aromatic N) is 1. The van der Waals surface area contributed by atoms with Crippen LogP contribution in [0.15, 0.2) is 54.6 Å². The average Bonchev–Trinajstić information content (AvgIpc) is 2.61. The van der Waals surface area contributed by atoms with Crippen molar-refractivity contribution in [1.29, 1.82) is 0 Å². The normalized spacial score (nSPS) is 12.8. The second-order valence-electron chi connectivity index (χ2n) is 7.75. The molecule has 0 heterocycles. The summed E-state index contributed by atoms with van der Waals surface area (Å²) in [6.07, 6.45) is 5.96. The Balaban J connectivity index is 2.38. The van der Waals surface area contributed by atoms with Gasteiger partial charge in [0.05, 0.1) is 11.7 Å². The quantitative estimate of drug-likeness (QED) is 0.235. The molecule has 0 amide bonds. The fourth-order valence-corrected chi connectivity index (χ4v) is 4.16. The molecule has 142 valence electrons. The molecule has 26 heavy (non-hydrogen) atoms. The molecule has 0 aliphatic rings. The van der Waals surface area contributed by atoms with Crippen LogP contribution >= 0.6 is 11.6 Å². The SMILES string of the molecule is CCCCCCC(c1ccccc1Cl)N(O[Si](C)(C)C)c1ccccc1. The first-order valence-electron chi connectivity index (χ1n) is 9.70. The van der Waals surface area contributed by atoms with Crippen LogP contribution in [0.4, 0.5) is 5.69 Å². The fourth-order valence-electron chi connectivity index (χ4n) is 3.08. The number of hydrogen-bond donors (Lipinski definition) is 0. The molecule has 0 N–H and O–H groups in total. The van der Waals surface area contributed by atoms with Gasteiger partial charge in [0, 0.05) is 5.02 Å². The Kier molecular flexibility index (Phi) is 8.20. The highest BCUT2D eigenvalue weighted by Gasteiger charge is 2.28. The van der Waals surface area contributed by atoms with Gasteiger partial charge in [-0.25, -0.2) is 0 Å². The highest BCUT2D eigenvalue weighted by molar-refractivity contribution is 6.69. The van der Waals surface area contributed by atoms with Gasteiger partial charge in [0.2, 0.25) is 8.32 Å². The van der Waals surface area contributed by atoms with Crippen LogP contribution < -0.4 is 5.06 Å². The van der Waals surface area contributed by atoms with E-state index in [1.807, 2.05) is 18.2 Å². The van der Waals surface area contributed by atoms with E-state index in [2.05, 4.69) is 68.0 Å². The first-order chi connectivity index (χ1) is 12.4. The van der Waals surface area contributed by atoms with Gasteiger partial charge < -0.3 is 4.53 Å². The molecule has 0 saturated heterocycles. The maximum atomic E-state index is 6.59. The number of unbranched alkanes of at least 4 members (excludes halogenated alkanes) is 3. The van der Waals surface area contributed by atoms with Gasteiger partial charge in [-0.15, -0.1) is 0 Å². The van der Waals surface area contributed by atoms with Crippen molar-refractivity contribution in [1.82, 2.24) is 0 Å². The minimum absolute atomic E-state index is 0.120. The highest BCUT2D eigenvalue weighted by Crippen LogP contribution is 2.36. The van der Waals surface area contributed by atoms with E-state index >= 15 is 0 Å². The lowest BCUT2D eigenvalue weighted by molar-refractivity contribution is 0.225. The van der Waals surface area contributed by atoms with E-state index < -0.39 is 8.32 Å². The molecule has 1 unspecified atom stereocenters. The van der Waals surface area contributed by atoms with Crippen molar-refractivity contribution in [3.63, 3.8) is 0 Å². The van der Waals surface area contributed by atoms with E-state index in [9.17, 15) is 0 Å². The molecule has 2 rings (SSSR count). The van der Waals surface area contributed by atoms with Gasteiger partial charge in [-0.2, -0.15) is 0 Å². The Morgan fingerprint density at radius 3 is 2.19 bits per heavy atom. The van der Waals surface area contributed by atoms with Crippen molar-refractivity contribution in [2.45, 2.75) is 64.7 Å². The fraction of sp³-hybridized carbons (Fsp3) is 0.455. The van der Waals surface area contributed by atoms with Crippen molar-refractivity contribution in [2.24, 2.45) is 0 Å². The van der Waals surface area contributed by atoms with Crippen molar-refractivity contribution in [2.75, 3.05) is 5.06 Å². The first-order valence-corrected chi connectivity index (χ1v) is 13.5. The molecule has 0 aliphatic heterocycles. The third-order valence-corrected chi connectivity index (χ3v) is 5.35. The van der Waals surface area contributed by atoms with Gasteiger partial charge in [-0.3, -0.25) is 5.06 Å². The molecule has 0 aromatic heterocycles. The molecule has 2 aromatic rings. The molecule has 0 fully saturated rings. The zero-order valence-corrected chi connectivity index (χ0v) is 18.3. The Bertz CT molecular complexity index is 657. The minimum atomic E-state index is -1.79. The van der Waals surface area contributed by atoms with Crippen molar-refractivity contribution < 1.29 is 4.53 Å². The second kappa shape index (κ2) is 10.1. The van der Waals surface area contributed by atoms with Crippen LogP contribution in [0, 0.1) is 0 Å². The molecule has 0 aliphatic carbocycles. The van der Waals surface area contributed by atoms with E-state index in [-0.39, 0.29) is 6.04 Å². The highest BCUT2D eigenvalue weighted by atomic mass is 35.5. The number of rotatable bonds is 10. The maximum Gasteiger partial charge on any atom is 0.220 e. The average molecular weight is 390 g/mol. The number of hydrogen-bond acceptors (Lipinski definition) is 2. The largest absolute Gasteiger partial charge is 0.320 e. The molecular formula is C22H32ClNOSi. The zero-order chi connectivity index (χ0) is 19.0. The standard InChI is InChI=1S/C22H32ClNOSi/c1-5-6-7-11-18-22(20-16-12-13-17-21(20)23)24(25-26(2,3)4)19-14-9-8-10-15-19/h8-10,12-17,22H,5-7,11,18H2,1-4H3. The maximum absolute atomic E-state index is 6.59. The Hall–Kier alpha value is -1.29. The molecule has 1 atom stereocenters. The molecular weight excluding hydrogens is 358 g/mol. The topological polar surface area (TPSA) is 12.5 Å². The van der Waals surface area contributed by atoms with Crippen LogP contribution in [-0.2, 0) is 4.53 Å². The van der Waals surface area contributed by atoms with E-state index in [0.29, 0.717) is 0 Å². The van der Waals surface area contributed by atoms with Crippen molar-refractivity contribution in [3.05, 3.63) is 65.2 Å². The summed E-state index contributed by atoms with van der Waals surface area (Å²) >= 11 is 6.59. The van der Waals surface area contributed by atoms with Crippen LogP contribution in [0.25, 0.3) is 0 Å². The summed E-state index contributed by atoms with van der Waals surface area (Å²) in [4.78, 5) is 0. The predicted octanol–water partition coefficient (Wildman–Crippen LogP) is 7.62. The van der Waals surface area contributed by atoms with Gasteiger partial charge >= 0.3 is 0 Å². The van der Waals surface area contributed by atoms with Crippen LogP contribution in [0.1, 0.15) is 50.6 Å². The number of anilines is 1. The van der Waals surface area contributed by atoms with E-state index in [4.69, 9.17) is 16.1 Å².